The molecule has 1 aliphatic heterocycles. The fraction of sp³-hybridized carbons (Fsp3) is 0.286. The summed E-state index contributed by atoms with van der Waals surface area (Å²) in [6, 6.07) is 15.5. The second kappa shape index (κ2) is 10.9. The van der Waals surface area contributed by atoms with Crippen LogP contribution >= 0.6 is 11.3 Å². The van der Waals surface area contributed by atoms with Crippen molar-refractivity contribution in [2.75, 3.05) is 23.3 Å². The first-order valence-electron chi connectivity index (χ1n) is 12.3. The molecule has 2 aromatic heterocycles. The van der Waals surface area contributed by atoms with Crippen LogP contribution in [0.15, 0.2) is 66.3 Å². The first-order chi connectivity index (χ1) is 17.6. The first kappa shape index (κ1) is 23.9. The molecule has 1 N–H and O–H groups in total. The summed E-state index contributed by atoms with van der Waals surface area (Å²) in [5.74, 6) is 1.97. The van der Waals surface area contributed by atoms with Gasteiger partial charge in [0.25, 0.3) is 5.91 Å². The lowest BCUT2D eigenvalue weighted by Crippen LogP contribution is -2.36. The smallest absolute Gasteiger partial charge is 0.275 e. The van der Waals surface area contributed by atoms with Crippen LogP contribution in [0.1, 0.15) is 42.2 Å². The minimum atomic E-state index is -0.235. The van der Waals surface area contributed by atoms with E-state index in [0.29, 0.717) is 11.6 Å². The van der Waals surface area contributed by atoms with Crippen LogP contribution in [-0.2, 0) is 0 Å². The summed E-state index contributed by atoms with van der Waals surface area (Å²) < 4.78 is 6.23. The maximum Gasteiger partial charge on any atom is 0.275 e. The topological polar surface area (TPSA) is 80.2 Å². The normalized spacial score (nSPS) is 15.5. The molecule has 5 rings (SSSR count). The Kier molecular flexibility index (Phi) is 7.23. The fourth-order valence-corrected chi connectivity index (χ4v) is 5.42. The van der Waals surface area contributed by atoms with E-state index in [1.54, 1.807) is 17.8 Å². The van der Waals surface area contributed by atoms with Crippen molar-refractivity contribution in [1.82, 2.24) is 15.2 Å². The lowest BCUT2D eigenvalue weighted by molar-refractivity contribution is 0.102. The number of benzene rings is 2. The molecule has 7 nitrogen and oxygen atoms in total. The van der Waals surface area contributed by atoms with Crippen molar-refractivity contribution in [3.05, 3.63) is 77.6 Å². The largest absolute Gasteiger partial charge is 0.457 e. The number of carbonyl (C=O) groups excluding carboxylic acids is 1. The van der Waals surface area contributed by atoms with Gasteiger partial charge in [0.1, 0.15) is 22.2 Å². The molecule has 0 unspecified atom stereocenters. The van der Waals surface area contributed by atoms with E-state index < -0.39 is 0 Å². The highest BCUT2D eigenvalue weighted by Gasteiger charge is 2.25. The highest BCUT2D eigenvalue weighted by atomic mass is 32.1. The Balaban J connectivity index is 1.45. The van der Waals surface area contributed by atoms with Crippen LogP contribution in [-0.4, -0.2) is 34.2 Å². The molecule has 0 aliphatic carbocycles. The summed E-state index contributed by atoms with van der Waals surface area (Å²) >= 11 is 1.41. The minimum Gasteiger partial charge on any atom is -0.457 e. The Labute approximate surface area is 215 Å². The number of carbonyl (C=O) groups is 1. The van der Waals surface area contributed by atoms with Gasteiger partial charge in [0.15, 0.2) is 0 Å². The summed E-state index contributed by atoms with van der Waals surface area (Å²) in [6.45, 7) is 6.22. The molecule has 3 heterocycles. The average Bonchev–Trinajstić information content (AvgIpc) is 3.42. The number of ether oxygens (including phenoxy) is 1. The molecule has 0 spiro atoms. The highest BCUT2D eigenvalue weighted by Crippen LogP contribution is 2.40. The van der Waals surface area contributed by atoms with Gasteiger partial charge in [-0.05, 0) is 56.0 Å². The van der Waals surface area contributed by atoms with E-state index in [9.17, 15) is 4.79 Å². The van der Waals surface area contributed by atoms with Crippen molar-refractivity contribution < 1.29 is 9.53 Å². The molecule has 4 aromatic rings. The van der Waals surface area contributed by atoms with Crippen molar-refractivity contribution in [1.29, 1.82) is 0 Å². The zero-order chi connectivity index (χ0) is 24.9. The third-order valence-corrected chi connectivity index (χ3v) is 7.47. The summed E-state index contributed by atoms with van der Waals surface area (Å²) in [4.78, 5) is 20.2. The average molecular weight is 500 g/mol. The Morgan fingerprint density at radius 3 is 2.81 bits per heavy atom. The molecule has 1 atom stereocenters. The maximum absolute atomic E-state index is 13.3. The Morgan fingerprint density at radius 1 is 1.17 bits per heavy atom. The van der Waals surface area contributed by atoms with Gasteiger partial charge < -0.3 is 15.0 Å². The van der Waals surface area contributed by atoms with Crippen molar-refractivity contribution >= 4 is 28.6 Å². The number of nitrogens with one attached hydrogen (secondary N) is 1. The molecular weight excluding hydrogens is 470 g/mol. The summed E-state index contributed by atoms with van der Waals surface area (Å²) in [7, 11) is 0. The van der Waals surface area contributed by atoms with E-state index in [1.807, 2.05) is 48.5 Å². The van der Waals surface area contributed by atoms with Crippen molar-refractivity contribution in [3.8, 4) is 22.1 Å². The lowest BCUT2D eigenvalue weighted by Gasteiger charge is -2.36. The number of thiazole rings is 1. The fourth-order valence-electron chi connectivity index (χ4n) is 4.63. The third kappa shape index (κ3) is 5.23. The lowest BCUT2D eigenvalue weighted by atomic mass is 9.94. The van der Waals surface area contributed by atoms with Crippen LogP contribution < -0.4 is 15.0 Å². The van der Waals surface area contributed by atoms with E-state index in [-0.39, 0.29) is 5.91 Å². The van der Waals surface area contributed by atoms with Gasteiger partial charge in [-0.1, -0.05) is 31.5 Å². The van der Waals surface area contributed by atoms with Gasteiger partial charge in [0, 0.05) is 29.6 Å². The maximum atomic E-state index is 13.3. The number of para-hydroxylation sites is 1. The first-order valence-corrected chi connectivity index (χ1v) is 13.2. The van der Waals surface area contributed by atoms with E-state index in [0.717, 1.165) is 64.9 Å². The number of anilines is 2. The number of hydrogen-bond acceptors (Lipinski definition) is 7. The predicted molar refractivity (Wildman–Crippen MR) is 144 cm³/mol. The molecule has 1 saturated heterocycles. The van der Waals surface area contributed by atoms with Crippen molar-refractivity contribution in [2.45, 2.75) is 33.1 Å². The molecule has 2 aromatic carbocycles. The summed E-state index contributed by atoms with van der Waals surface area (Å²) in [5, 5.41) is 13.4. The van der Waals surface area contributed by atoms with Gasteiger partial charge in [0.05, 0.1) is 23.8 Å². The van der Waals surface area contributed by atoms with Gasteiger partial charge in [-0.15, -0.1) is 11.3 Å². The molecule has 0 radical (unpaired) electrons. The molecule has 8 heteroatoms. The molecule has 1 fully saturated rings. The third-order valence-electron chi connectivity index (χ3n) is 6.58. The van der Waals surface area contributed by atoms with Crippen LogP contribution in [0.2, 0.25) is 0 Å². The van der Waals surface area contributed by atoms with Crippen molar-refractivity contribution in [2.24, 2.45) is 5.92 Å². The van der Waals surface area contributed by atoms with E-state index in [2.05, 4.69) is 39.2 Å². The summed E-state index contributed by atoms with van der Waals surface area (Å²) in [6.07, 6.45) is 6.77. The van der Waals surface area contributed by atoms with Crippen LogP contribution in [0.3, 0.4) is 0 Å². The second-order valence-corrected chi connectivity index (χ2v) is 9.84. The Morgan fingerprint density at radius 2 is 2.03 bits per heavy atom. The molecule has 184 valence electrons. The number of hydrogen-bond donors (Lipinski definition) is 1. The van der Waals surface area contributed by atoms with Gasteiger partial charge in [-0.2, -0.15) is 10.2 Å². The highest BCUT2D eigenvalue weighted by molar-refractivity contribution is 7.13. The number of piperidine rings is 1. The second-order valence-electron chi connectivity index (χ2n) is 8.99. The van der Waals surface area contributed by atoms with Gasteiger partial charge in [0.2, 0.25) is 0 Å². The standard InChI is InChI=1S/C28H29N5O2S/c1-3-20-8-7-15-33(17-20)26-19(2)25(35-22-9-5-4-6-10-22)12-11-23(26)31-27(34)24-18-36-28(32-24)21-13-14-29-30-16-21/h4-6,9-14,16,18,20H,3,7-8,15,17H2,1-2H3,(H,31,34)/t20-/m0/s1. The molecular formula is C28H29N5O2S. The van der Waals surface area contributed by atoms with Crippen LogP contribution in [0.5, 0.6) is 11.5 Å². The van der Waals surface area contributed by atoms with Gasteiger partial charge in [-0.3, -0.25) is 4.79 Å². The van der Waals surface area contributed by atoms with Crippen molar-refractivity contribution in [3.63, 3.8) is 0 Å². The summed E-state index contributed by atoms with van der Waals surface area (Å²) in [5.41, 5.74) is 4.02. The van der Waals surface area contributed by atoms with Crippen LogP contribution in [0.4, 0.5) is 11.4 Å². The quantitative estimate of drug-likeness (QED) is 0.309. The van der Waals surface area contributed by atoms with Crippen LogP contribution in [0, 0.1) is 12.8 Å². The Bertz CT molecular complexity index is 1330. The van der Waals surface area contributed by atoms with E-state index in [4.69, 9.17) is 4.74 Å². The van der Waals surface area contributed by atoms with E-state index >= 15 is 0 Å². The van der Waals surface area contributed by atoms with Gasteiger partial charge >= 0.3 is 0 Å². The van der Waals surface area contributed by atoms with E-state index in [1.165, 1.54) is 17.8 Å². The predicted octanol–water partition coefficient (Wildman–Crippen LogP) is 6.58. The molecule has 1 aliphatic rings. The van der Waals surface area contributed by atoms with Gasteiger partial charge in [-0.25, -0.2) is 4.98 Å². The minimum absolute atomic E-state index is 0.235. The molecule has 36 heavy (non-hydrogen) atoms. The number of rotatable bonds is 7. The number of aromatic nitrogens is 3. The number of nitrogens with zero attached hydrogens (tertiary/aromatic N) is 4. The molecule has 0 saturated carbocycles. The molecule has 1 amide bonds. The zero-order valence-electron chi connectivity index (χ0n) is 20.5. The van der Waals surface area contributed by atoms with Crippen LogP contribution in [0.25, 0.3) is 10.6 Å². The number of amides is 1. The SMILES string of the molecule is CC[C@H]1CCCN(c2c(NC(=O)c3csc(-c4ccnnc4)n3)ccc(Oc3ccccc3)c2C)C1. The Hall–Kier alpha value is -3.78. The molecule has 0 bridgehead atoms. The monoisotopic (exact) mass is 499 g/mol. The zero-order valence-corrected chi connectivity index (χ0v) is 21.3.